The highest BCUT2D eigenvalue weighted by Gasteiger charge is 2.53. The lowest BCUT2D eigenvalue weighted by molar-refractivity contribution is 0.00578. The third kappa shape index (κ3) is 9.69. The predicted molar refractivity (Wildman–Crippen MR) is 384 cm³/mol. The molecule has 12 aromatic carbocycles. The molecule has 3 aliphatic rings. The monoisotopic (exact) mass is 1240 g/mol. The summed E-state index contributed by atoms with van der Waals surface area (Å²) >= 11 is 5.99. The molecular weight excluding hydrogens is 1190 g/mol. The molecule has 93 heavy (non-hydrogen) atoms. The largest absolute Gasteiger partial charge is 0.496 e. The average Bonchev–Trinajstić information content (AvgIpc) is 1.57. The minimum Gasteiger partial charge on any atom is -0.456 e. The van der Waals surface area contributed by atoms with Crippen LogP contribution in [0.4, 0.5) is 0 Å². The zero-order valence-corrected chi connectivity index (χ0v) is 53.4. The van der Waals surface area contributed by atoms with E-state index >= 15 is 0 Å². The highest BCUT2D eigenvalue weighted by Crippen LogP contribution is 2.55. The van der Waals surface area contributed by atoms with Crippen LogP contribution < -0.4 is 5.46 Å². The van der Waals surface area contributed by atoms with E-state index in [1.807, 2.05) is 146 Å². The lowest BCUT2D eigenvalue weighted by atomic mass is 9.71. The first-order valence-corrected chi connectivity index (χ1v) is 31.2. The summed E-state index contributed by atoms with van der Waals surface area (Å²) in [4.78, 5) is 28.1. The van der Waals surface area contributed by atoms with Crippen LogP contribution in [0.1, 0.15) is 27.7 Å². The molecule has 1 unspecified atom stereocenters. The summed E-state index contributed by atoms with van der Waals surface area (Å²) in [5.74, 6) is 3.08. The van der Waals surface area contributed by atoms with Gasteiger partial charge >= 0.3 is 7.12 Å². The van der Waals surface area contributed by atoms with E-state index < -0.39 is 18.3 Å². The van der Waals surface area contributed by atoms with Gasteiger partial charge in [0.2, 0.25) is 5.28 Å². The molecule has 0 saturated carbocycles. The third-order valence-corrected chi connectivity index (χ3v) is 18.6. The summed E-state index contributed by atoms with van der Waals surface area (Å²) in [6.07, 6.45) is 0. The lowest BCUT2D eigenvalue weighted by Gasteiger charge is -2.32. The van der Waals surface area contributed by atoms with E-state index in [2.05, 4.69) is 152 Å². The van der Waals surface area contributed by atoms with Crippen LogP contribution in [-0.2, 0) is 9.31 Å². The van der Waals surface area contributed by atoms with Gasteiger partial charge in [0.15, 0.2) is 29.1 Å². The van der Waals surface area contributed by atoms with Crippen LogP contribution in [0.15, 0.2) is 264 Å². The fraction of sp³-hybridized carbons (Fsp3) is 0.0750. The van der Waals surface area contributed by atoms with Crippen LogP contribution in [0, 0.1) is 0 Å². The number of hydrogen-bond acceptors (Lipinski definition) is 10. The maximum absolute atomic E-state index is 6.63. The summed E-state index contributed by atoms with van der Waals surface area (Å²) in [6, 6.07) is 86.6. The Morgan fingerprint density at radius 3 is 1.12 bits per heavy atom. The minimum absolute atomic E-state index is 0. The molecular formula is C80H57BClN6O4P. The molecule has 1 fully saturated rings. The number of para-hydroxylation sites is 2. The Morgan fingerprint density at radius 2 is 0.667 bits per heavy atom. The summed E-state index contributed by atoms with van der Waals surface area (Å²) in [5, 5.41) is 9.46. The zero-order valence-electron chi connectivity index (χ0n) is 51.2. The Bertz CT molecular complexity index is 5490. The number of furan rings is 2. The van der Waals surface area contributed by atoms with Gasteiger partial charge in [0, 0.05) is 60.4 Å². The van der Waals surface area contributed by atoms with Gasteiger partial charge in [-0.25, -0.2) is 19.9 Å². The van der Waals surface area contributed by atoms with E-state index in [0.29, 0.717) is 29.1 Å². The van der Waals surface area contributed by atoms with Crippen LogP contribution >= 0.6 is 21.5 Å². The summed E-state index contributed by atoms with van der Waals surface area (Å²) in [5.41, 5.74) is 17.9. The van der Waals surface area contributed by atoms with Gasteiger partial charge in [0.1, 0.15) is 22.3 Å². The molecule has 10 nitrogen and oxygen atoms in total. The molecule has 5 heterocycles. The van der Waals surface area contributed by atoms with Crippen molar-refractivity contribution in [2.24, 2.45) is 0 Å². The van der Waals surface area contributed by atoms with Gasteiger partial charge in [-0.15, -0.1) is 0 Å². The standard InChI is InChI=1S/C37H21N3O.C28H23BO3.C15H10ClN3.H3P/c1-3-11-23(12-4-1)35-38-36(24-13-5-2-6-14-24)40-37(39-35)34-32-27-19-10-16-22-15-9-18-25(31(22)27)28(32)21-30-33(34)26-17-7-8-20-29(26)41-30;1-27(2)28(3,4)32-29(31-27)26-24-19-13-8-10-16-9-7-12-17(23(16)19)20(24)15-22-25(26)18-11-5-6-14-21(18)30-22;16-15-18-13(11-7-3-1-4-8-11)17-14(19-15)12-9-5-2-6-10-12;/h1-21H;5-15H,1-4H3;1-10H;1H3. The number of benzene rings is 12. The smallest absolute Gasteiger partial charge is 0.456 e. The topological polar surface area (TPSA) is 122 Å². The fourth-order valence-electron chi connectivity index (χ4n) is 13.5. The van der Waals surface area contributed by atoms with Crippen LogP contribution in [0.2, 0.25) is 5.28 Å². The predicted octanol–water partition coefficient (Wildman–Crippen LogP) is 20.2. The first-order chi connectivity index (χ1) is 45.0. The van der Waals surface area contributed by atoms with Crippen molar-refractivity contribution in [1.82, 2.24) is 29.9 Å². The molecule has 16 aromatic rings. The van der Waals surface area contributed by atoms with E-state index in [1.54, 1.807) is 0 Å². The molecule has 2 aliphatic carbocycles. The van der Waals surface area contributed by atoms with Gasteiger partial charge in [-0.2, -0.15) is 19.9 Å². The van der Waals surface area contributed by atoms with Crippen LogP contribution in [-0.4, -0.2) is 48.2 Å². The first kappa shape index (κ1) is 57.6. The van der Waals surface area contributed by atoms with Crippen LogP contribution in [0.25, 0.3) is 167 Å². The van der Waals surface area contributed by atoms with Gasteiger partial charge in [-0.05, 0) is 124 Å². The van der Waals surface area contributed by atoms with Gasteiger partial charge in [0.05, 0.1) is 11.2 Å². The quantitative estimate of drug-likeness (QED) is 0.117. The average molecular weight is 1240 g/mol. The van der Waals surface area contributed by atoms with Gasteiger partial charge in [-0.1, -0.05) is 231 Å². The Kier molecular flexibility index (Phi) is 14.1. The van der Waals surface area contributed by atoms with Gasteiger partial charge < -0.3 is 18.1 Å². The van der Waals surface area contributed by atoms with Crippen molar-refractivity contribution in [3.05, 3.63) is 260 Å². The summed E-state index contributed by atoms with van der Waals surface area (Å²) in [6.45, 7) is 8.43. The Labute approximate surface area is 544 Å². The van der Waals surface area contributed by atoms with Crippen molar-refractivity contribution in [2.75, 3.05) is 0 Å². The molecule has 0 N–H and O–H groups in total. The van der Waals surface area contributed by atoms with Crippen LogP contribution in [0.3, 0.4) is 0 Å². The molecule has 4 aromatic heterocycles. The number of hydrogen-bond donors (Lipinski definition) is 0. The third-order valence-electron chi connectivity index (χ3n) is 18.4. The summed E-state index contributed by atoms with van der Waals surface area (Å²) in [7, 11) is -0.483. The molecule has 1 atom stereocenters. The second-order valence-electron chi connectivity index (χ2n) is 24.4. The number of rotatable bonds is 6. The number of aromatic nitrogens is 6. The van der Waals surface area contributed by atoms with Crippen molar-refractivity contribution in [3.8, 4) is 101 Å². The van der Waals surface area contributed by atoms with E-state index in [-0.39, 0.29) is 15.2 Å². The van der Waals surface area contributed by atoms with Crippen molar-refractivity contribution in [3.63, 3.8) is 0 Å². The fourth-order valence-corrected chi connectivity index (χ4v) is 13.6. The van der Waals surface area contributed by atoms with Crippen molar-refractivity contribution in [1.29, 1.82) is 0 Å². The Morgan fingerprint density at radius 1 is 0.312 bits per heavy atom. The lowest BCUT2D eigenvalue weighted by Crippen LogP contribution is -2.41. The molecule has 19 rings (SSSR count). The minimum atomic E-state index is -0.483. The first-order valence-electron chi connectivity index (χ1n) is 30.8. The van der Waals surface area contributed by atoms with Crippen molar-refractivity contribution < 1.29 is 18.1 Å². The maximum atomic E-state index is 6.63. The SMILES string of the molecule is CC1(C)OB(c2c3c(cc4oc5ccccc5c24)-c2cccc4cccc-3c24)OC1(C)C.Clc1nc(-c2ccccc2)nc(-c2ccccc2)n1.P.c1ccc(-c2nc(-c3ccccc3)nc(-c3c4c(cc5oc6ccccc6c35)-c3cccc5cccc-4c35)n2)cc1. The molecule has 1 aliphatic heterocycles. The number of nitrogens with zero attached hydrogens (tertiary/aromatic N) is 6. The second-order valence-corrected chi connectivity index (χ2v) is 24.7. The molecule has 0 amide bonds. The summed E-state index contributed by atoms with van der Waals surface area (Å²) < 4.78 is 26.1. The molecule has 0 radical (unpaired) electrons. The van der Waals surface area contributed by atoms with E-state index in [1.165, 1.54) is 54.9 Å². The number of fused-ring (bicyclic) bond motifs is 12. The zero-order chi connectivity index (χ0) is 61.8. The highest BCUT2D eigenvalue weighted by atomic mass is 35.5. The van der Waals surface area contributed by atoms with Crippen molar-refractivity contribution >= 4 is 99.5 Å². The van der Waals surface area contributed by atoms with E-state index in [0.717, 1.165) is 88.3 Å². The molecule has 13 heteroatoms. The van der Waals surface area contributed by atoms with Crippen molar-refractivity contribution in [2.45, 2.75) is 38.9 Å². The van der Waals surface area contributed by atoms with E-state index in [9.17, 15) is 0 Å². The number of halogens is 1. The molecule has 1 saturated heterocycles. The molecule has 446 valence electrons. The molecule has 0 spiro atoms. The normalized spacial score (nSPS) is 13.6. The van der Waals surface area contributed by atoms with E-state index in [4.69, 9.17) is 44.7 Å². The van der Waals surface area contributed by atoms with Gasteiger partial charge in [0.25, 0.3) is 0 Å². The molecule has 0 bridgehead atoms. The van der Waals surface area contributed by atoms with Crippen LogP contribution in [0.5, 0.6) is 0 Å². The Hall–Kier alpha value is -10.5. The second kappa shape index (κ2) is 22.7. The van der Waals surface area contributed by atoms with Gasteiger partial charge in [-0.3, -0.25) is 0 Å². The Balaban J connectivity index is 0.000000117. The highest BCUT2D eigenvalue weighted by molar-refractivity contribution is 6.92. The maximum Gasteiger partial charge on any atom is 0.496 e.